The van der Waals surface area contributed by atoms with Crippen LogP contribution in [0.3, 0.4) is 0 Å². The number of benzene rings is 2. The second kappa shape index (κ2) is 9.33. The Kier molecular flexibility index (Phi) is 6.60. The summed E-state index contributed by atoms with van der Waals surface area (Å²) in [5.41, 5.74) is 3.73. The largest absolute Gasteiger partial charge is 0.353 e. The molecule has 5 nitrogen and oxygen atoms in total. The smallest absolute Gasteiger partial charge is 0.239 e. The number of nitrogens with one attached hydrogen (secondary N) is 2. The van der Waals surface area contributed by atoms with E-state index in [4.69, 9.17) is 0 Å². The molecule has 0 spiro atoms. The molecule has 1 heterocycles. The van der Waals surface area contributed by atoms with Crippen molar-refractivity contribution in [3.8, 4) is 0 Å². The Morgan fingerprint density at radius 3 is 2.44 bits per heavy atom. The van der Waals surface area contributed by atoms with Crippen LogP contribution in [-0.2, 0) is 29.0 Å². The van der Waals surface area contributed by atoms with Gasteiger partial charge in [0.1, 0.15) is 0 Å². The molecule has 2 aromatic carbocycles. The normalized spacial score (nSPS) is 14.9. The molecule has 0 aromatic heterocycles. The first-order valence-electron chi connectivity index (χ1n) is 9.50. The van der Waals surface area contributed by atoms with Crippen LogP contribution in [-0.4, -0.2) is 42.4 Å². The van der Waals surface area contributed by atoms with Crippen molar-refractivity contribution in [2.24, 2.45) is 0 Å². The lowest BCUT2D eigenvalue weighted by Gasteiger charge is -2.33. The molecule has 1 aliphatic heterocycles. The number of hydrogen-bond acceptors (Lipinski definition) is 3. The van der Waals surface area contributed by atoms with Crippen molar-refractivity contribution in [3.63, 3.8) is 0 Å². The van der Waals surface area contributed by atoms with Crippen LogP contribution in [0.1, 0.15) is 23.6 Å². The lowest BCUT2D eigenvalue weighted by molar-refractivity contribution is -0.125. The number of fused-ring (bicyclic) bond motifs is 1. The molecule has 142 valence electrons. The Bertz CT molecular complexity index is 776. The average molecular weight is 365 g/mol. The molecule has 2 amide bonds. The van der Waals surface area contributed by atoms with Crippen molar-refractivity contribution in [1.29, 1.82) is 0 Å². The molecule has 2 N–H and O–H groups in total. The van der Waals surface area contributed by atoms with E-state index in [1.807, 2.05) is 30.3 Å². The Morgan fingerprint density at radius 1 is 0.963 bits per heavy atom. The zero-order chi connectivity index (χ0) is 19.1. The molecule has 1 aliphatic rings. The second-order valence-corrected chi connectivity index (χ2v) is 7.08. The van der Waals surface area contributed by atoms with Crippen molar-refractivity contribution in [2.75, 3.05) is 19.6 Å². The maximum atomic E-state index is 12.0. The molecule has 0 saturated carbocycles. The summed E-state index contributed by atoms with van der Waals surface area (Å²) in [6.07, 6.45) is 1.34. The summed E-state index contributed by atoms with van der Waals surface area (Å²) in [5, 5.41) is 5.61. The van der Waals surface area contributed by atoms with Crippen LogP contribution >= 0.6 is 0 Å². The molecule has 1 unspecified atom stereocenters. The van der Waals surface area contributed by atoms with Crippen molar-refractivity contribution in [3.05, 3.63) is 71.3 Å². The lowest BCUT2D eigenvalue weighted by atomic mass is 9.99. The molecular weight excluding hydrogens is 338 g/mol. The van der Waals surface area contributed by atoms with E-state index < -0.39 is 0 Å². The molecule has 0 bridgehead atoms. The monoisotopic (exact) mass is 365 g/mol. The third-order valence-corrected chi connectivity index (χ3v) is 5.03. The summed E-state index contributed by atoms with van der Waals surface area (Å²) in [7, 11) is 0. The van der Waals surface area contributed by atoms with E-state index in [0.29, 0.717) is 6.54 Å². The molecule has 0 saturated heterocycles. The Balaban J connectivity index is 1.37. The highest BCUT2D eigenvalue weighted by Gasteiger charge is 2.20. The summed E-state index contributed by atoms with van der Waals surface area (Å²) in [5.74, 6) is -0.294. The first kappa shape index (κ1) is 19.1. The number of nitrogens with zero attached hydrogens (tertiary/aromatic N) is 1. The topological polar surface area (TPSA) is 61.4 Å². The minimum absolute atomic E-state index is 0.0151. The summed E-state index contributed by atoms with van der Waals surface area (Å²) < 4.78 is 0. The number of hydrogen-bond donors (Lipinski definition) is 2. The van der Waals surface area contributed by atoms with Gasteiger partial charge >= 0.3 is 0 Å². The first-order chi connectivity index (χ1) is 13.1. The molecule has 2 aromatic rings. The predicted molar refractivity (Wildman–Crippen MR) is 106 cm³/mol. The summed E-state index contributed by atoms with van der Waals surface area (Å²) in [6.45, 7) is 4.64. The van der Waals surface area contributed by atoms with Crippen LogP contribution < -0.4 is 10.6 Å². The van der Waals surface area contributed by atoms with Gasteiger partial charge in [0.2, 0.25) is 11.8 Å². The van der Waals surface area contributed by atoms with Gasteiger partial charge in [-0.2, -0.15) is 0 Å². The number of carbonyl (C=O) groups excluding carboxylic acids is 2. The molecule has 3 rings (SSSR count). The molecule has 0 aliphatic carbocycles. The van der Waals surface area contributed by atoms with Crippen molar-refractivity contribution >= 4 is 11.8 Å². The van der Waals surface area contributed by atoms with Gasteiger partial charge in [-0.25, -0.2) is 0 Å². The van der Waals surface area contributed by atoms with Crippen LogP contribution in [0.2, 0.25) is 0 Å². The van der Waals surface area contributed by atoms with Gasteiger partial charge < -0.3 is 10.6 Å². The van der Waals surface area contributed by atoms with Crippen molar-refractivity contribution < 1.29 is 9.59 Å². The maximum Gasteiger partial charge on any atom is 0.239 e. The molecular formula is C22H27N3O2. The zero-order valence-corrected chi connectivity index (χ0v) is 15.8. The van der Waals surface area contributed by atoms with E-state index in [2.05, 4.69) is 46.7 Å². The second-order valence-electron chi connectivity index (χ2n) is 7.08. The van der Waals surface area contributed by atoms with Crippen molar-refractivity contribution in [2.45, 2.75) is 32.4 Å². The van der Waals surface area contributed by atoms with Crippen LogP contribution in [0, 0.1) is 0 Å². The number of rotatable bonds is 7. The van der Waals surface area contributed by atoms with Gasteiger partial charge in [-0.1, -0.05) is 54.6 Å². The van der Waals surface area contributed by atoms with E-state index in [1.165, 1.54) is 11.1 Å². The average Bonchev–Trinajstić information content (AvgIpc) is 2.71. The fraction of sp³-hybridized carbons (Fsp3) is 0.364. The number of carbonyl (C=O) groups is 2. The van der Waals surface area contributed by atoms with E-state index >= 15 is 0 Å². The Labute approximate surface area is 160 Å². The van der Waals surface area contributed by atoms with Gasteiger partial charge in [-0.3, -0.25) is 14.5 Å². The van der Waals surface area contributed by atoms with E-state index in [-0.39, 0.29) is 30.8 Å². The minimum atomic E-state index is -0.152. The summed E-state index contributed by atoms with van der Waals surface area (Å²) >= 11 is 0. The molecule has 1 atom stereocenters. The third kappa shape index (κ3) is 5.66. The fourth-order valence-corrected chi connectivity index (χ4v) is 3.37. The van der Waals surface area contributed by atoms with Gasteiger partial charge in [0.05, 0.1) is 13.0 Å². The van der Waals surface area contributed by atoms with Gasteiger partial charge in [-0.05, 0) is 30.0 Å². The highest BCUT2D eigenvalue weighted by Crippen LogP contribution is 2.19. The van der Waals surface area contributed by atoms with Crippen LogP contribution in [0.5, 0.6) is 0 Å². The predicted octanol–water partition coefficient (Wildman–Crippen LogP) is 1.91. The fourth-order valence-electron chi connectivity index (χ4n) is 3.37. The van der Waals surface area contributed by atoms with Gasteiger partial charge in [0, 0.05) is 25.7 Å². The lowest BCUT2D eigenvalue weighted by Crippen LogP contribution is -2.46. The van der Waals surface area contributed by atoms with Gasteiger partial charge in [-0.15, -0.1) is 0 Å². The molecule has 27 heavy (non-hydrogen) atoms. The molecule has 0 fully saturated rings. The zero-order valence-electron chi connectivity index (χ0n) is 15.8. The molecule has 5 heteroatoms. The SMILES string of the molecule is CC(CNC(=O)CNC(=O)Cc1ccccc1)N1CCc2ccccc2C1. The quantitative estimate of drug-likeness (QED) is 0.788. The van der Waals surface area contributed by atoms with Gasteiger partial charge in [0.15, 0.2) is 0 Å². The van der Waals surface area contributed by atoms with E-state index in [9.17, 15) is 9.59 Å². The Hall–Kier alpha value is -2.66. The summed E-state index contributed by atoms with van der Waals surface area (Å²) in [6, 6.07) is 18.3. The number of amides is 2. The minimum Gasteiger partial charge on any atom is -0.353 e. The Morgan fingerprint density at radius 2 is 1.67 bits per heavy atom. The highest BCUT2D eigenvalue weighted by molar-refractivity contribution is 5.85. The summed E-state index contributed by atoms with van der Waals surface area (Å²) in [4.78, 5) is 26.3. The van der Waals surface area contributed by atoms with Crippen molar-refractivity contribution in [1.82, 2.24) is 15.5 Å². The third-order valence-electron chi connectivity index (χ3n) is 5.03. The van der Waals surface area contributed by atoms with Crippen LogP contribution in [0.4, 0.5) is 0 Å². The standard InChI is InChI=1S/C22H27N3O2/c1-17(25-12-11-19-9-5-6-10-20(19)16-25)14-23-22(27)15-24-21(26)13-18-7-3-2-4-8-18/h2-10,17H,11-16H2,1H3,(H,23,27)(H,24,26). The van der Waals surface area contributed by atoms with Crippen LogP contribution in [0.25, 0.3) is 0 Å². The van der Waals surface area contributed by atoms with Crippen LogP contribution in [0.15, 0.2) is 54.6 Å². The first-order valence-corrected chi connectivity index (χ1v) is 9.50. The van der Waals surface area contributed by atoms with E-state index in [1.54, 1.807) is 0 Å². The van der Waals surface area contributed by atoms with Gasteiger partial charge in [0.25, 0.3) is 0 Å². The highest BCUT2D eigenvalue weighted by atomic mass is 16.2. The molecule has 0 radical (unpaired) electrons. The van der Waals surface area contributed by atoms with E-state index in [0.717, 1.165) is 25.1 Å². The maximum absolute atomic E-state index is 12.0.